The lowest BCUT2D eigenvalue weighted by molar-refractivity contribution is 0.415. The van der Waals surface area contributed by atoms with Crippen molar-refractivity contribution < 1.29 is 4.74 Å². The molecule has 0 bridgehead atoms. The molecule has 3 rings (SSSR count). The number of nitrogen functional groups attached to an aromatic ring is 1. The number of nitrogens with zero attached hydrogens (tertiary/aromatic N) is 5. The Morgan fingerprint density at radius 1 is 1.35 bits per heavy atom. The number of ether oxygens (including phenoxy) is 1. The highest BCUT2D eigenvalue weighted by Crippen LogP contribution is 2.23. The molecule has 3 aromatic rings. The van der Waals surface area contributed by atoms with Gasteiger partial charge in [-0.15, -0.1) is 10.2 Å². The van der Waals surface area contributed by atoms with Gasteiger partial charge < -0.3 is 19.6 Å². The molecule has 0 unspecified atom stereocenters. The number of anilines is 1. The smallest absolute Gasteiger partial charge is 0.201 e. The average Bonchev–Trinajstić information content (AvgIpc) is 3.03. The van der Waals surface area contributed by atoms with Crippen molar-refractivity contribution in [3.8, 4) is 5.75 Å². The minimum Gasteiger partial charge on any atom is -0.497 e. The zero-order valence-electron chi connectivity index (χ0n) is 11.4. The maximum absolute atomic E-state index is 6.01. The van der Waals surface area contributed by atoms with Crippen LogP contribution in [0, 0.1) is 0 Å². The van der Waals surface area contributed by atoms with Crippen LogP contribution in [0.3, 0.4) is 0 Å². The quantitative estimate of drug-likeness (QED) is 0.773. The van der Waals surface area contributed by atoms with E-state index in [4.69, 9.17) is 10.5 Å². The van der Waals surface area contributed by atoms with E-state index < -0.39 is 0 Å². The van der Waals surface area contributed by atoms with Crippen LogP contribution in [0.4, 0.5) is 5.95 Å². The van der Waals surface area contributed by atoms with Crippen LogP contribution < -0.4 is 10.5 Å². The number of hydrogen-bond donors (Lipinski definition) is 1. The van der Waals surface area contributed by atoms with Gasteiger partial charge in [-0.3, -0.25) is 0 Å². The lowest BCUT2D eigenvalue weighted by Crippen LogP contribution is -2.10. The molecule has 0 amide bonds. The standard InChI is InChI=1S/C13H16N6O/c1-3-18-8-15-17-12(18)7-19-11-6-9(20-2)4-5-10(11)16-13(19)14/h4-6,8H,3,7H2,1-2H3,(H2,14,16). The van der Waals surface area contributed by atoms with Crippen molar-refractivity contribution in [3.05, 3.63) is 30.4 Å². The SMILES string of the molecule is CCn1cnnc1Cn1c(N)nc2ccc(OC)cc21. The van der Waals surface area contributed by atoms with E-state index in [0.29, 0.717) is 12.5 Å². The van der Waals surface area contributed by atoms with Gasteiger partial charge in [0.1, 0.15) is 12.1 Å². The van der Waals surface area contributed by atoms with Crippen LogP contribution in [-0.2, 0) is 13.1 Å². The summed E-state index contributed by atoms with van der Waals surface area (Å²) in [5.74, 6) is 2.08. The molecule has 0 spiro atoms. The third-order valence-corrected chi connectivity index (χ3v) is 3.32. The fourth-order valence-corrected chi connectivity index (χ4v) is 2.22. The van der Waals surface area contributed by atoms with Crippen LogP contribution >= 0.6 is 0 Å². The monoisotopic (exact) mass is 272 g/mol. The largest absolute Gasteiger partial charge is 0.497 e. The van der Waals surface area contributed by atoms with Gasteiger partial charge in [-0.2, -0.15) is 0 Å². The molecule has 0 aliphatic carbocycles. The zero-order valence-corrected chi connectivity index (χ0v) is 11.4. The molecule has 2 N–H and O–H groups in total. The number of benzene rings is 1. The Hall–Kier alpha value is -2.57. The maximum atomic E-state index is 6.01. The summed E-state index contributed by atoms with van der Waals surface area (Å²) in [5, 5.41) is 8.06. The summed E-state index contributed by atoms with van der Waals surface area (Å²) in [5.41, 5.74) is 7.77. The van der Waals surface area contributed by atoms with E-state index in [9.17, 15) is 0 Å². The number of methoxy groups -OCH3 is 1. The molecule has 7 nitrogen and oxygen atoms in total. The summed E-state index contributed by atoms with van der Waals surface area (Å²) in [7, 11) is 1.64. The highest BCUT2D eigenvalue weighted by atomic mass is 16.5. The molecule has 7 heteroatoms. The van der Waals surface area contributed by atoms with Crippen molar-refractivity contribution in [1.82, 2.24) is 24.3 Å². The van der Waals surface area contributed by atoms with Gasteiger partial charge in [-0.25, -0.2) is 4.98 Å². The summed E-state index contributed by atoms with van der Waals surface area (Å²) >= 11 is 0. The first kappa shape index (κ1) is 12.5. The second kappa shape index (κ2) is 4.84. The molecule has 0 aliphatic heterocycles. The summed E-state index contributed by atoms with van der Waals surface area (Å²) < 4.78 is 9.14. The van der Waals surface area contributed by atoms with E-state index >= 15 is 0 Å². The van der Waals surface area contributed by atoms with Gasteiger partial charge in [0.05, 0.1) is 24.7 Å². The van der Waals surface area contributed by atoms with E-state index in [1.54, 1.807) is 13.4 Å². The van der Waals surface area contributed by atoms with Gasteiger partial charge in [0, 0.05) is 12.6 Å². The van der Waals surface area contributed by atoms with Crippen molar-refractivity contribution in [3.63, 3.8) is 0 Å². The number of imidazole rings is 1. The molecule has 0 atom stereocenters. The van der Waals surface area contributed by atoms with Crippen molar-refractivity contribution in [2.75, 3.05) is 12.8 Å². The third-order valence-electron chi connectivity index (χ3n) is 3.32. The average molecular weight is 272 g/mol. The van der Waals surface area contributed by atoms with E-state index in [1.165, 1.54) is 0 Å². The highest BCUT2D eigenvalue weighted by molar-refractivity contribution is 5.80. The first-order valence-electron chi connectivity index (χ1n) is 6.39. The Bertz CT molecular complexity index is 744. The normalized spacial score (nSPS) is 11.1. The lowest BCUT2D eigenvalue weighted by Gasteiger charge is -2.07. The van der Waals surface area contributed by atoms with Crippen LogP contribution in [-0.4, -0.2) is 31.4 Å². The van der Waals surface area contributed by atoms with E-state index in [-0.39, 0.29) is 0 Å². The van der Waals surface area contributed by atoms with E-state index in [1.807, 2.05) is 34.3 Å². The summed E-state index contributed by atoms with van der Waals surface area (Å²) in [4.78, 5) is 4.35. The topological polar surface area (TPSA) is 83.8 Å². The number of nitrogens with two attached hydrogens (primary N) is 1. The van der Waals surface area contributed by atoms with Crippen LogP contribution in [0.5, 0.6) is 5.75 Å². The van der Waals surface area contributed by atoms with Gasteiger partial charge in [-0.05, 0) is 19.1 Å². The summed E-state index contributed by atoms with van der Waals surface area (Å²) in [6.45, 7) is 3.40. The summed E-state index contributed by atoms with van der Waals surface area (Å²) in [6, 6.07) is 5.69. The highest BCUT2D eigenvalue weighted by Gasteiger charge is 2.12. The van der Waals surface area contributed by atoms with Crippen molar-refractivity contribution in [2.24, 2.45) is 0 Å². The second-order valence-electron chi connectivity index (χ2n) is 4.44. The van der Waals surface area contributed by atoms with Crippen molar-refractivity contribution in [2.45, 2.75) is 20.0 Å². The fraction of sp³-hybridized carbons (Fsp3) is 0.308. The van der Waals surface area contributed by atoms with Gasteiger partial charge >= 0.3 is 0 Å². The second-order valence-corrected chi connectivity index (χ2v) is 4.44. The van der Waals surface area contributed by atoms with Crippen molar-refractivity contribution >= 4 is 17.0 Å². The first-order valence-corrected chi connectivity index (χ1v) is 6.39. The first-order chi connectivity index (χ1) is 9.72. The minimum absolute atomic E-state index is 0.457. The molecule has 0 saturated carbocycles. The van der Waals surface area contributed by atoms with Gasteiger partial charge in [0.15, 0.2) is 5.82 Å². The summed E-state index contributed by atoms with van der Waals surface area (Å²) in [6.07, 6.45) is 1.71. The van der Waals surface area contributed by atoms with Gasteiger partial charge in [-0.1, -0.05) is 0 Å². The molecule has 0 saturated heterocycles. The fourth-order valence-electron chi connectivity index (χ4n) is 2.22. The van der Waals surface area contributed by atoms with Crippen LogP contribution in [0.15, 0.2) is 24.5 Å². The molecule has 104 valence electrons. The van der Waals surface area contributed by atoms with Crippen LogP contribution in [0.25, 0.3) is 11.0 Å². The molecule has 20 heavy (non-hydrogen) atoms. The predicted molar refractivity (Wildman–Crippen MR) is 75.5 cm³/mol. The molecule has 2 aromatic heterocycles. The van der Waals surface area contributed by atoms with E-state index in [2.05, 4.69) is 15.2 Å². The number of aromatic nitrogens is 5. The molecule has 1 aromatic carbocycles. The van der Waals surface area contributed by atoms with Gasteiger partial charge in [0.2, 0.25) is 5.95 Å². The number of rotatable bonds is 4. The zero-order chi connectivity index (χ0) is 14.1. The van der Waals surface area contributed by atoms with Crippen LogP contribution in [0.2, 0.25) is 0 Å². The number of fused-ring (bicyclic) bond motifs is 1. The Kier molecular flexibility index (Phi) is 3.02. The number of aryl methyl sites for hydroxylation is 1. The maximum Gasteiger partial charge on any atom is 0.201 e. The molecule has 2 heterocycles. The molecule has 0 radical (unpaired) electrons. The molecule has 0 aliphatic rings. The van der Waals surface area contributed by atoms with Crippen molar-refractivity contribution in [1.29, 1.82) is 0 Å². The van der Waals surface area contributed by atoms with Crippen LogP contribution in [0.1, 0.15) is 12.7 Å². The molecule has 0 fully saturated rings. The Labute approximate surface area is 116 Å². The molecular weight excluding hydrogens is 256 g/mol. The lowest BCUT2D eigenvalue weighted by atomic mass is 10.3. The van der Waals surface area contributed by atoms with Gasteiger partial charge in [0.25, 0.3) is 0 Å². The van der Waals surface area contributed by atoms with E-state index in [0.717, 1.165) is 29.2 Å². The number of hydrogen-bond acceptors (Lipinski definition) is 5. The molecular formula is C13H16N6O. The minimum atomic E-state index is 0.457. The third kappa shape index (κ3) is 1.97. The Morgan fingerprint density at radius 2 is 2.20 bits per heavy atom. The Balaban J connectivity index is 2.08. The Morgan fingerprint density at radius 3 is 2.95 bits per heavy atom. The predicted octanol–water partition coefficient (Wildman–Crippen LogP) is 1.29.